The zero-order valence-corrected chi connectivity index (χ0v) is 29.5. The predicted octanol–water partition coefficient (Wildman–Crippen LogP) is 3.79. The van der Waals surface area contributed by atoms with Gasteiger partial charge in [-0.25, -0.2) is 4.79 Å². The molecule has 0 saturated carbocycles. The van der Waals surface area contributed by atoms with E-state index in [1.54, 1.807) is 4.90 Å². The summed E-state index contributed by atoms with van der Waals surface area (Å²) in [4.78, 5) is 37.6. The molecule has 0 spiro atoms. The summed E-state index contributed by atoms with van der Waals surface area (Å²) in [5, 5.41) is 9.36. The number of nitrogens with one attached hydrogen (secondary N) is 3. The molecule has 0 bridgehead atoms. The van der Waals surface area contributed by atoms with Gasteiger partial charge in [0.05, 0.1) is 0 Å². The van der Waals surface area contributed by atoms with Gasteiger partial charge in [-0.2, -0.15) is 0 Å². The Morgan fingerprint density at radius 1 is 0.739 bits per heavy atom. The van der Waals surface area contributed by atoms with Gasteiger partial charge >= 0.3 is 6.09 Å². The van der Waals surface area contributed by atoms with Gasteiger partial charge in [0.1, 0.15) is 18.8 Å². The molecule has 2 heterocycles. The summed E-state index contributed by atoms with van der Waals surface area (Å²) in [6, 6.07) is 20.7. The molecule has 0 unspecified atom stereocenters. The van der Waals surface area contributed by atoms with Crippen LogP contribution in [0.4, 0.5) is 4.79 Å². The Hall–Kier alpha value is -2.89. The van der Waals surface area contributed by atoms with E-state index in [1.165, 1.54) is 25.3 Å². The number of hydrogen-bond donors (Lipinski definition) is 3. The molecule has 3 amide bonds. The Morgan fingerprint density at radius 3 is 1.54 bits per heavy atom. The van der Waals surface area contributed by atoms with Crippen molar-refractivity contribution in [1.29, 1.82) is 0 Å². The van der Waals surface area contributed by atoms with Crippen LogP contribution >= 0.6 is 0 Å². The molecule has 2 aliphatic rings. The fourth-order valence-electron chi connectivity index (χ4n) is 5.97. The number of carbonyl (C=O) groups excluding carboxylic acids is 3. The minimum Gasteiger partial charge on any atom is -0.444 e. The van der Waals surface area contributed by atoms with E-state index >= 15 is 0 Å². The van der Waals surface area contributed by atoms with Crippen molar-refractivity contribution in [3.8, 4) is 0 Å². The molecule has 11 heteroatoms. The number of piperidine rings is 2. The molecule has 2 fully saturated rings. The minimum absolute atomic E-state index is 0. The zero-order valence-electron chi connectivity index (χ0n) is 28.1. The molecule has 0 aromatic heterocycles. The molecule has 253 valence electrons. The Bertz CT molecular complexity index is 1190. The van der Waals surface area contributed by atoms with Crippen molar-refractivity contribution in [1.82, 2.24) is 20.9 Å². The molecule has 46 heavy (non-hydrogen) atoms. The van der Waals surface area contributed by atoms with Crippen molar-refractivity contribution in [2.24, 2.45) is 0 Å². The quantitative estimate of drug-likeness (QED) is 0.351. The maximum atomic E-state index is 12.3. The number of benzene rings is 2. The SMILES string of the molecule is COCC(=O)NCC1(c2ccccc2)CCN(C(=O)OC(C)(C)C)CC1.COCC(=O)NCC1(c2ccccc2)CCNCC1.[V]. The van der Waals surface area contributed by atoms with E-state index < -0.39 is 5.60 Å². The van der Waals surface area contributed by atoms with E-state index in [2.05, 4.69) is 52.3 Å². The van der Waals surface area contributed by atoms with Gasteiger partial charge < -0.3 is 35.1 Å². The molecule has 3 N–H and O–H groups in total. The summed E-state index contributed by atoms with van der Waals surface area (Å²) in [6.07, 6.45) is 3.35. The van der Waals surface area contributed by atoms with Gasteiger partial charge in [0.25, 0.3) is 0 Å². The summed E-state index contributed by atoms with van der Waals surface area (Å²) in [6.45, 7) is 10.2. The number of likely N-dealkylation sites (tertiary alicyclic amines) is 1. The van der Waals surface area contributed by atoms with Gasteiger partial charge in [0.2, 0.25) is 11.8 Å². The van der Waals surface area contributed by atoms with Crippen molar-refractivity contribution in [3.63, 3.8) is 0 Å². The molecule has 2 aliphatic heterocycles. The van der Waals surface area contributed by atoms with E-state index in [4.69, 9.17) is 14.2 Å². The number of methoxy groups -OCH3 is 2. The van der Waals surface area contributed by atoms with Crippen LogP contribution in [-0.4, -0.2) is 95.1 Å². The van der Waals surface area contributed by atoms with Gasteiger partial charge in [0, 0.05) is 69.8 Å². The van der Waals surface area contributed by atoms with E-state index in [-0.39, 0.29) is 60.5 Å². The monoisotopic (exact) mass is 675 g/mol. The van der Waals surface area contributed by atoms with Gasteiger partial charge in [-0.15, -0.1) is 0 Å². The second-order valence-corrected chi connectivity index (χ2v) is 12.9. The molecular weight excluding hydrogens is 623 g/mol. The van der Waals surface area contributed by atoms with E-state index in [0.29, 0.717) is 26.2 Å². The summed E-state index contributed by atoms with van der Waals surface area (Å²) < 4.78 is 15.2. The van der Waals surface area contributed by atoms with Crippen molar-refractivity contribution in [2.75, 3.05) is 66.7 Å². The van der Waals surface area contributed by atoms with Crippen LogP contribution in [0.15, 0.2) is 60.7 Å². The van der Waals surface area contributed by atoms with Crippen molar-refractivity contribution < 1.29 is 47.1 Å². The third-order valence-electron chi connectivity index (χ3n) is 8.50. The second-order valence-electron chi connectivity index (χ2n) is 12.9. The molecular formula is C35H52N4O6V. The smallest absolute Gasteiger partial charge is 0.410 e. The Morgan fingerprint density at radius 2 is 1.15 bits per heavy atom. The first-order chi connectivity index (χ1) is 21.5. The fourth-order valence-corrected chi connectivity index (χ4v) is 5.97. The topological polar surface area (TPSA) is 118 Å². The normalized spacial score (nSPS) is 16.9. The predicted molar refractivity (Wildman–Crippen MR) is 175 cm³/mol. The largest absolute Gasteiger partial charge is 0.444 e. The fraction of sp³-hybridized carbons (Fsp3) is 0.571. The van der Waals surface area contributed by atoms with Gasteiger partial charge in [0.15, 0.2) is 0 Å². The van der Waals surface area contributed by atoms with Gasteiger partial charge in [-0.1, -0.05) is 60.7 Å². The van der Waals surface area contributed by atoms with Crippen LogP contribution in [0.2, 0.25) is 0 Å². The number of rotatable bonds is 10. The summed E-state index contributed by atoms with van der Waals surface area (Å²) in [5.74, 6) is -0.172. The Balaban J connectivity index is 0.000000328. The molecule has 2 aromatic rings. The maximum absolute atomic E-state index is 12.3. The number of carbonyl (C=O) groups is 3. The average molecular weight is 676 g/mol. The van der Waals surface area contributed by atoms with Crippen LogP contribution in [0.1, 0.15) is 57.6 Å². The van der Waals surface area contributed by atoms with E-state index in [0.717, 1.165) is 38.8 Å². The molecule has 2 saturated heterocycles. The second kappa shape index (κ2) is 19.1. The number of hydrogen-bond acceptors (Lipinski definition) is 7. The first-order valence-electron chi connectivity index (χ1n) is 15.8. The number of nitrogens with zero attached hydrogens (tertiary/aromatic N) is 1. The van der Waals surface area contributed by atoms with Crippen LogP contribution in [-0.2, 0) is 53.2 Å². The molecule has 10 nitrogen and oxygen atoms in total. The first-order valence-corrected chi connectivity index (χ1v) is 15.8. The minimum atomic E-state index is -0.501. The van der Waals surface area contributed by atoms with E-state index in [1.807, 2.05) is 45.0 Å². The molecule has 0 atom stereocenters. The number of amides is 3. The van der Waals surface area contributed by atoms with Crippen molar-refractivity contribution in [3.05, 3.63) is 71.8 Å². The molecule has 1 radical (unpaired) electrons. The van der Waals surface area contributed by atoms with Gasteiger partial charge in [-0.05, 0) is 70.7 Å². The molecule has 2 aromatic carbocycles. The van der Waals surface area contributed by atoms with Crippen molar-refractivity contribution in [2.45, 2.75) is 62.9 Å². The average Bonchev–Trinajstić information content (AvgIpc) is 3.04. The summed E-state index contributed by atoms with van der Waals surface area (Å²) in [5.41, 5.74) is 1.86. The van der Waals surface area contributed by atoms with Crippen LogP contribution in [0.25, 0.3) is 0 Å². The van der Waals surface area contributed by atoms with Crippen LogP contribution in [0, 0.1) is 0 Å². The zero-order chi connectivity index (χ0) is 32.8. The van der Waals surface area contributed by atoms with Crippen LogP contribution < -0.4 is 16.0 Å². The molecule has 4 rings (SSSR count). The number of ether oxygens (including phenoxy) is 3. The van der Waals surface area contributed by atoms with Crippen LogP contribution in [0.3, 0.4) is 0 Å². The standard InChI is InChI=1S/C20H30N2O4.C15H22N2O2.V/c1-19(2,3)26-18(24)22-12-10-20(11-13-22,15-21-17(23)14-25-4)16-8-6-5-7-9-16;1-19-11-14(18)17-12-15(7-9-16-10-8-15)13-5-3-2-4-6-13;/h5-9H,10-15H2,1-4H3,(H,21,23);2-6,16H,7-12H2,1H3,(H,17,18);. The summed E-state index contributed by atoms with van der Waals surface area (Å²) in [7, 11) is 3.04. The summed E-state index contributed by atoms with van der Waals surface area (Å²) >= 11 is 0. The third-order valence-corrected chi connectivity index (χ3v) is 8.50. The molecule has 0 aliphatic carbocycles. The van der Waals surface area contributed by atoms with E-state index in [9.17, 15) is 14.4 Å². The van der Waals surface area contributed by atoms with Crippen LogP contribution in [0.5, 0.6) is 0 Å². The Labute approximate surface area is 286 Å². The van der Waals surface area contributed by atoms with Gasteiger partial charge in [-0.3, -0.25) is 9.59 Å². The third kappa shape index (κ3) is 12.0. The maximum Gasteiger partial charge on any atom is 0.410 e. The Kier molecular flexibility index (Phi) is 16.3. The van der Waals surface area contributed by atoms with Crippen molar-refractivity contribution >= 4 is 17.9 Å². The first kappa shape index (κ1) is 39.3.